The summed E-state index contributed by atoms with van der Waals surface area (Å²) in [5, 5.41) is 7.67. The van der Waals surface area contributed by atoms with E-state index in [1.165, 1.54) is 19.1 Å². The number of benzene rings is 1. The van der Waals surface area contributed by atoms with Crippen LogP contribution < -0.4 is 20.1 Å². The number of hydrogen-bond donors (Lipinski definition) is 2. The normalized spacial score (nSPS) is 15.3. The van der Waals surface area contributed by atoms with Gasteiger partial charge in [0.25, 0.3) is 0 Å². The molecule has 0 fully saturated rings. The highest BCUT2D eigenvalue weighted by Crippen LogP contribution is 2.40. The van der Waals surface area contributed by atoms with Gasteiger partial charge in [-0.2, -0.15) is 0 Å². The van der Waals surface area contributed by atoms with Crippen LogP contribution in [0.25, 0.3) is 0 Å². The maximum absolute atomic E-state index is 12.4. The maximum Gasteiger partial charge on any atom is 0.341 e. The number of hydrogen-bond acceptors (Lipinski definition) is 6. The Morgan fingerprint density at radius 1 is 1.21 bits per heavy atom. The fourth-order valence-electron chi connectivity index (χ4n) is 3.37. The van der Waals surface area contributed by atoms with Crippen LogP contribution in [0.5, 0.6) is 11.5 Å². The number of carbonyl (C=O) groups is 1. The van der Waals surface area contributed by atoms with Gasteiger partial charge in [-0.3, -0.25) is 0 Å². The van der Waals surface area contributed by atoms with Crippen molar-refractivity contribution in [3.63, 3.8) is 0 Å². The largest absolute Gasteiger partial charge is 0.495 e. The first-order valence-corrected chi connectivity index (χ1v) is 10.7. The Bertz CT molecular complexity index is 945. The molecular weight excluding hydrogens is 432 g/mol. The van der Waals surface area contributed by atoms with Crippen LogP contribution in [-0.4, -0.2) is 32.4 Å². The van der Waals surface area contributed by atoms with E-state index < -0.39 is 0 Å². The average molecular weight is 455 g/mol. The smallest absolute Gasteiger partial charge is 0.341 e. The summed E-state index contributed by atoms with van der Waals surface area (Å²) in [5.41, 5.74) is 2.23. The standard InChI is InChI=1S/C20H23ClN2O4S2/c1-10-5-6-11-16(7-10)29-18(17(11)19(24)27-4)23-20(28)22-13-8-12(21)14(25-2)9-15(13)26-3/h8-10H,5-7H2,1-4H3,(H2,22,23,28). The van der Waals surface area contributed by atoms with E-state index in [2.05, 4.69) is 17.6 Å². The van der Waals surface area contributed by atoms with Crippen LogP contribution in [0.1, 0.15) is 34.1 Å². The molecule has 0 saturated heterocycles. The van der Waals surface area contributed by atoms with Crippen LogP contribution in [0.3, 0.4) is 0 Å². The number of fused-ring (bicyclic) bond motifs is 1. The summed E-state index contributed by atoms with van der Waals surface area (Å²) in [4.78, 5) is 13.6. The predicted molar refractivity (Wildman–Crippen MR) is 121 cm³/mol. The first-order chi connectivity index (χ1) is 13.9. The van der Waals surface area contributed by atoms with Crippen LogP contribution in [0, 0.1) is 5.92 Å². The van der Waals surface area contributed by atoms with Gasteiger partial charge in [-0.15, -0.1) is 11.3 Å². The highest BCUT2D eigenvalue weighted by atomic mass is 35.5. The van der Waals surface area contributed by atoms with E-state index in [0.29, 0.717) is 43.8 Å². The summed E-state index contributed by atoms with van der Waals surface area (Å²) in [6.45, 7) is 2.22. The van der Waals surface area contributed by atoms with Crippen molar-refractivity contribution in [2.75, 3.05) is 32.0 Å². The van der Waals surface area contributed by atoms with Crippen molar-refractivity contribution in [3.05, 3.63) is 33.2 Å². The summed E-state index contributed by atoms with van der Waals surface area (Å²) in [6, 6.07) is 3.36. The zero-order valence-corrected chi connectivity index (χ0v) is 19.1. The lowest BCUT2D eigenvalue weighted by molar-refractivity contribution is 0.0601. The van der Waals surface area contributed by atoms with E-state index >= 15 is 0 Å². The molecule has 1 aromatic heterocycles. The number of rotatable bonds is 5. The molecular formula is C20H23ClN2O4S2. The molecule has 1 aliphatic rings. The van der Waals surface area contributed by atoms with E-state index in [-0.39, 0.29) is 5.97 Å². The number of anilines is 2. The molecule has 29 heavy (non-hydrogen) atoms. The van der Waals surface area contributed by atoms with Crippen molar-refractivity contribution in [2.24, 2.45) is 5.92 Å². The van der Waals surface area contributed by atoms with Crippen molar-refractivity contribution in [2.45, 2.75) is 26.2 Å². The second kappa shape index (κ2) is 9.19. The van der Waals surface area contributed by atoms with Crippen LogP contribution >= 0.6 is 35.2 Å². The molecule has 0 aliphatic heterocycles. The van der Waals surface area contributed by atoms with Gasteiger partial charge in [0, 0.05) is 10.9 Å². The number of esters is 1. The maximum atomic E-state index is 12.4. The molecule has 1 heterocycles. The third-order valence-electron chi connectivity index (χ3n) is 4.85. The molecule has 0 amide bonds. The number of methoxy groups -OCH3 is 3. The minimum Gasteiger partial charge on any atom is -0.495 e. The van der Waals surface area contributed by atoms with Gasteiger partial charge in [0.05, 0.1) is 37.6 Å². The van der Waals surface area contributed by atoms with Gasteiger partial charge in [0.2, 0.25) is 0 Å². The Morgan fingerprint density at radius 3 is 2.59 bits per heavy atom. The topological polar surface area (TPSA) is 68.8 Å². The summed E-state index contributed by atoms with van der Waals surface area (Å²) < 4.78 is 15.6. The highest BCUT2D eigenvalue weighted by molar-refractivity contribution is 7.80. The fraction of sp³-hybridized carbons (Fsp3) is 0.400. The van der Waals surface area contributed by atoms with Crippen LogP contribution in [0.2, 0.25) is 5.02 Å². The zero-order chi connectivity index (χ0) is 21.1. The number of nitrogens with one attached hydrogen (secondary N) is 2. The summed E-state index contributed by atoms with van der Waals surface area (Å²) in [6.07, 6.45) is 2.87. The lowest BCUT2D eigenvalue weighted by Crippen LogP contribution is -2.21. The van der Waals surface area contributed by atoms with Gasteiger partial charge in [0.1, 0.15) is 16.5 Å². The number of thiophene rings is 1. The van der Waals surface area contributed by atoms with E-state index in [0.717, 1.165) is 24.8 Å². The molecule has 2 aromatic rings. The second-order valence-electron chi connectivity index (χ2n) is 6.81. The molecule has 6 nitrogen and oxygen atoms in total. The molecule has 0 radical (unpaired) electrons. The highest BCUT2D eigenvalue weighted by Gasteiger charge is 2.28. The van der Waals surface area contributed by atoms with Crippen LogP contribution in [0.15, 0.2) is 12.1 Å². The van der Waals surface area contributed by atoms with Crippen LogP contribution in [-0.2, 0) is 17.6 Å². The molecule has 0 spiro atoms. The third kappa shape index (κ3) is 4.60. The Balaban J connectivity index is 1.86. The van der Waals surface area contributed by atoms with Gasteiger partial charge >= 0.3 is 5.97 Å². The number of carbonyl (C=O) groups excluding carboxylic acids is 1. The lowest BCUT2D eigenvalue weighted by atomic mass is 9.88. The quantitative estimate of drug-likeness (QED) is 0.478. The Kier molecular flexibility index (Phi) is 6.87. The van der Waals surface area contributed by atoms with Gasteiger partial charge in [-0.05, 0) is 49.0 Å². The van der Waals surface area contributed by atoms with Crippen molar-refractivity contribution in [3.8, 4) is 11.5 Å². The van der Waals surface area contributed by atoms with Crippen molar-refractivity contribution in [1.82, 2.24) is 0 Å². The first-order valence-electron chi connectivity index (χ1n) is 9.10. The fourth-order valence-corrected chi connectivity index (χ4v) is 5.29. The minimum atomic E-state index is -0.354. The number of halogens is 1. The van der Waals surface area contributed by atoms with E-state index in [1.807, 2.05) is 0 Å². The van der Waals surface area contributed by atoms with Gasteiger partial charge < -0.3 is 24.8 Å². The van der Waals surface area contributed by atoms with Gasteiger partial charge in [0.15, 0.2) is 5.11 Å². The first kappa shape index (κ1) is 21.7. The molecule has 0 saturated carbocycles. The third-order valence-corrected chi connectivity index (χ3v) is 6.52. The lowest BCUT2D eigenvalue weighted by Gasteiger charge is -2.18. The van der Waals surface area contributed by atoms with Gasteiger partial charge in [-0.1, -0.05) is 18.5 Å². The number of ether oxygens (including phenoxy) is 3. The molecule has 0 bridgehead atoms. The molecule has 2 N–H and O–H groups in total. The summed E-state index contributed by atoms with van der Waals surface area (Å²) in [7, 11) is 4.48. The Hall–Kier alpha value is -2.03. The second-order valence-corrected chi connectivity index (χ2v) is 8.73. The Labute approximate surface area is 184 Å². The molecule has 1 aliphatic carbocycles. The molecule has 9 heteroatoms. The van der Waals surface area contributed by atoms with Crippen molar-refractivity contribution in [1.29, 1.82) is 0 Å². The van der Waals surface area contributed by atoms with Crippen molar-refractivity contribution >= 4 is 56.9 Å². The minimum absolute atomic E-state index is 0.321. The molecule has 1 aromatic carbocycles. The molecule has 1 atom stereocenters. The Morgan fingerprint density at radius 2 is 1.93 bits per heavy atom. The summed E-state index contributed by atoms with van der Waals surface area (Å²) in [5.74, 6) is 1.27. The molecule has 3 rings (SSSR count). The van der Waals surface area contributed by atoms with Crippen molar-refractivity contribution < 1.29 is 19.0 Å². The monoisotopic (exact) mass is 454 g/mol. The average Bonchev–Trinajstić information content (AvgIpc) is 3.04. The van der Waals surface area contributed by atoms with E-state index in [4.69, 9.17) is 38.0 Å². The molecule has 1 unspecified atom stereocenters. The zero-order valence-electron chi connectivity index (χ0n) is 16.7. The van der Waals surface area contributed by atoms with E-state index in [9.17, 15) is 4.79 Å². The van der Waals surface area contributed by atoms with Gasteiger partial charge in [-0.25, -0.2) is 4.79 Å². The summed E-state index contributed by atoms with van der Waals surface area (Å²) >= 11 is 13.3. The molecule has 156 valence electrons. The van der Waals surface area contributed by atoms with Crippen LogP contribution in [0.4, 0.5) is 10.7 Å². The van der Waals surface area contributed by atoms with E-state index in [1.54, 1.807) is 30.6 Å². The predicted octanol–water partition coefficient (Wildman–Crippen LogP) is 5.14. The SMILES string of the molecule is COC(=O)c1c(NC(=S)Nc2cc(Cl)c(OC)cc2OC)sc2c1CCC(C)C2. The number of thiocarbonyl (C=S) groups is 1.